The predicted octanol–water partition coefficient (Wildman–Crippen LogP) is 6.92. The van der Waals surface area contributed by atoms with Gasteiger partial charge in [0.25, 0.3) is 11.5 Å². The summed E-state index contributed by atoms with van der Waals surface area (Å²) in [7, 11) is 3.83. The van der Waals surface area contributed by atoms with Gasteiger partial charge >= 0.3 is 0 Å². The number of benzene rings is 1. The third kappa shape index (κ3) is 6.60. The summed E-state index contributed by atoms with van der Waals surface area (Å²) in [5, 5.41) is 6.36. The number of aryl methyl sites for hydroxylation is 3. The SMILES string of the molecule is Cc1c(NC(=O)c2cc3c(s2)CCCCC3)cccc1-c1cc(Nc2ccc(CN(C)C(C)C)cn2)c(=O)n(C)c1. The minimum Gasteiger partial charge on any atom is -0.336 e. The zero-order chi connectivity index (χ0) is 29.1. The van der Waals surface area contributed by atoms with Gasteiger partial charge in [-0.3, -0.25) is 14.5 Å². The summed E-state index contributed by atoms with van der Waals surface area (Å²) in [4.78, 5) is 35.2. The van der Waals surface area contributed by atoms with Gasteiger partial charge in [0, 0.05) is 48.2 Å². The smallest absolute Gasteiger partial charge is 0.274 e. The molecule has 0 aliphatic heterocycles. The molecule has 214 valence electrons. The number of nitrogens with zero attached hydrogens (tertiary/aromatic N) is 3. The summed E-state index contributed by atoms with van der Waals surface area (Å²) in [6.07, 6.45) is 9.46. The van der Waals surface area contributed by atoms with E-state index in [4.69, 9.17) is 0 Å². The molecule has 7 nitrogen and oxygen atoms in total. The molecule has 0 unspecified atom stereocenters. The van der Waals surface area contributed by atoms with E-state index in [9.17, 15) is 9.59 Å². The van der Waals surface area contributed by atoms with Crippen molar-refractivity contribution in [2.24, 2.45) is 7.05 Å². The molecule has 1 aromatic carbocycles. The highest BCUT2D eigenvalue weighted by Crippen LogP contribution is 2.32. The number of aromatic nitrogens is 2. The molecule has 4 aromatic rings. The zero-order valence-electron chi connectivity index (χ0n) is 24.6. The van der Waals surface area contributed by atoms with Crippen LogP contribution in [0.1, 0.15) is 64.3 Å². The van der Waals surface area contributed by atoms with E-state index in [1.807, 2.05) is 55.7 Å². The predicted molar refractivity (Wildman–Crippen MR) is 170 cm³/mol. The van der Waals surface area contributed by atoms with Crippen molar-refractivity contribution in [3.05, 3.63) is 91.7 Å². The Kier molecular flexibility index (Phi) is 8.71. The van der Waals surface area contributed by atoms with E-state index in [2.05, 4.69) is 47.5 Å². The molecule has 0 spiro atoms. The molecule has 1 aliphatic carbocycles. The van der Waals surface area contributed by atoms with E-state index in [0.29, 0.717) is 17.5 Å². The van der Waals surface area contributed by atoms with E-state index in [-0.39, 0.29) is 11.5 Å². The Hall–Kier alpha value is -3.75. The molecular weight excluding hydrogens is 530 g/mol. The quantitative estimate of drug-likeness (QED) is 0.225. The maximum absolute atomic E-state index is 13.2. The molecule has 41 heavy (non-hydrogen) atoms. The van der Waals surface area contributed by atoms with E-state index < -0.39 is 0 Å². The number of thiophene rings is 1. The maximum Gasteiger partial charge on any atom is 0.274 e. The summed E-state index contributed by atoms with van der Waals surface area (Å²) >= 11 is 1.63. The number of fused-ring (bicyclic) bond motifs is 1. The summed E-state index contributed by atoms with van der Waals surface area (Å²) in [6.45, 7) is 7.13. The van der Waals surface area contributed by atoms with Crippen LogP contribution < -0.4 is 16.2 Å². The molecular formula is C33H39N5O2S. The Morgan fingerprint density at radius 3 is 2.66 bits per heavy atom. The average molecular weight is 570 g/mol. The number of pyridine rings is 2. The number of anilines is 3. The minimum atomic E-state index is -0.140. The van der Waals surface area contributed by atoms with Crippen molar-refractivity contribution in [3.63, 3.8) is 0 Å². The summed E-state index contributed by atoms with van der Waals surface area (Å²) in [5.41, 5.74) is 6.28. The molecule has 2 N–H and O–H groups in total. The lowest BCUT2D eigenvalue weighted by molar-refractivity contribution is 0.103. The molecule has 8 heteroatoms. The van der Waals surface area contributed by atoms with Crippen LogP contribution in [0.5, 0.6) is 0 Å². The van der Waals surface area contributed by atoms with Gasteiger partial charge in [-0.05, 0) is 100 Å². The van der Waals surface area contributed by atoms with Crippen molar-refractivity contribution in [2.75, 3.05) is 17.7 Å². The van der Waals surface area contributed by atoms with E-state index in [1.54, 1.807) is 23.0 Å². The molecule has 0 saturated carbocycles. The average Bonchev–Trinajstić information content (AvgIpc) is 3.23. The molecule has 1 aliphatic rings. The van der Waals surface area contributed by atoms with Gasteiger partial charge in [0.2, 0.25) is 0 Å². The van der Waals surface area contributed by atoms with Gasteiger partial charge in [-0.2, -0.15) is 0 Å². The van der Waals surface area contributed by atoms with Crippen molar-refractivity contribution in [2.45, 2.75) is 65.5 Å². The standard InChI is InChI=1S/C33H39N5O2S/c1-21(2)37(4)19-23-14-15-31(34-18-23)35-28-16-25(20-38(5)33(28)40)26-11-9-12-27(22(26)3)36-32(39)30-17-24-10-7-6-8-13-29(24)41-30/h9,11-12,14-18,20-21H,6-8,10,13,19H2,1-5H3,(H,34,35)(H,36,39). The highest BCUT2D eigenvalue weighted by atomic mass is 32.1. The minimum absolute atomic E-state index is 0.0692. The molecule has 3 heterocycles. The first-order valence-corrected chi connectivity index (χ1v) is 15.2. The van der Waals surface area contributed by atoms with Crippen LogP contribution in [0.4, 0.5) is 17.2 Å². The number of hydrogen-bond donors (Lipinski definition) is 2. The highest BCUT2D eigenvalue weighted by Gasteiger charge is 2.18. The molecule has 0 saturated heterocycles. The summed E-state index contributed by atoms with van der Waals surface area (Å²) in [6, 6.07) is 14.2. The van der Waals surface area contributed by atoms with Crippen LogP contribution in [0.2, 0.25) is 0 Å². The number of rotatable bonds is 8. The fraction of sp³-hybridized carbons (Fsp3) is 0.364. The van der Waals surface area contributed by atoms with E-state index >= 15 is 0 Å². The Morgan fingerprint density at radius 1 is 1.10 bits per heavy atom. The number of hydrogen-bond acceptors (Lipinski definition) is 6. The monoisotopic (exact) mass is 569 g/mol. The van der Waals surface area contributed by atoms with E-state index in [0.717, 1.165) is 52.2 Å². The van der Waals surface area contributed by atoms with Crippen LogP contribution in [0.3, 0.4) is 0 Å². The van der Waals surface area contributed by atoms with Crippen LogP contribution in [0.15, 0.2) is 59.7 Å². The number of carbonyl (C=O) groups excluding carboxylic acids is 1. The number of carbonyl (C=O) groups is 1. The van der Waals surface area contributed by atoms with Gasteiger partial charge in [-0.1, -0.05) is 24.6 Å². The Labute approximate surface area is 246 Å². The van der Waals surface area contributed by atoms with Gasteiger partial charge in [-0.15, -0.1) is 11.3 Å². The van der Waals surface area contributed by atoms with Crippen molar-refractivity contribution < 1.29 is 4.79 Å². The van der Waals surface area contributed by atoms with Gasteiger partial charge in [0.1, 0.15) is 11.5 Å². The third-order valence-electron chi connectivity index (χ3n) is 7.95. The van der Waals surface area contributed by atoms with Gasteiger partial charge in [0.05, 0.1) is 4.88 Å². The molecule has 0 fully saturated rings. The molecule has 0 bridgehead atoms. The van der Waals surface area contributed by atoms with E-state index in [1.165, 1.54) is 29.7 Å². The first-order chi connectivity index (χ1) is 19.7. The summed E-state index contributed by atoms with van der Waals surface area (Å²) in [5.74, 6) is 0.544. The molecule has 5 rings (SSSR count). The third-order valence-corrected chi connectivity index (χ3v) is 9.18. The second-order valence-electron chi connectivity index (χ2n) is 11.3. The molecule has 1 amide bonds. The lowest BCUT2D eigenvalue weighted by Gasteiger charge is -2.20. The van der Waals surface area contributed by atoms with Crippen molar-refractivity contribution >= 4 is 34.4 Å². The second-order valence-corrected chi connectivity index (χ2v) is 12.4. The Bertz CT molecular complexity index is 1580. The number of nitrogens with one attached hydrogen (secondary N) is 2. The number of amides is 1. The Morgan fingerprint density at radius 2 is 1.90 bits per heavy atom. The fourth-order valence-electron chi connectivity index (χ4n) is 5.20. The van der Waals surface area contributed by atoms with Crippen LogP contribution >= 0.6 is 11.3 Å². The molecule has 0 radical (unpaired) electrons. The molecule has 0 atom stereocenters. The first-order valence-electron chi connectivity index (χ1n) is 14.4. The van der Waals surface area contributed by atoms with Crippen molar-refractivity contribution in [1.29, 1.82) is 0 Å². The second kappa shape index (κ2) is 12.4. The first kappa shape index (κ1) is 28.8. The van der Waals surface area contributed by atoms with Crippen molar-refractivity contribution in [1.82, 2.24) is 14.5 Å². The van der Waals surface area contributed by atoms with Crippen molar-refractivity contribution in [3.8, 4) is 11.1 Å². The van der Waals surface area contributed by atoms with Crippen LogP contribution in [0, 0.1) is 6.92 Å². The van der Waals surface area contributed by atoms with Gasteiger partial charge in [-0.25, -0.2) is 4.98 Å². The van der Waals surface area contributed by atoms with Crippen LogP contribution in [-0.2, 0) is 26.4 Å². The highest BCUT2D eigenvalue weighted by molar-refractivity contribution is 7.14. The van der Waals surface area contributed by atoms with Gasteiger partial charge < -0.3 is 15.2 Å². The van der Waals surface area contributed by atoms with Crippen LogP contribution in [0.25, 0.3) is 11.1 Å². The molecule has 3 aromatic heterocycles. The maximum atomic E-state index is 13.2. The lowest BCUT2D eigenvalue weighted by atomic mass is 10.00. The lowest BCUT2D eigenvalue weighted by Crippen LogP contribution is -2.25. The van der Waals surface area contributed by atoms with Gasteiger partial charge in [0.15, 0.2) is 0 Å². The fourth-order valence-corrected chi connectivity index (χ4v) is 6.34. The zero-order valence-corrected chi connectivity index (χ0v) is 25.4. The largest absolute Gasteiger partial charge is 0.336 e. The van der Waals surface area contributed by atoms with Crippen LogP contribution in [-0.4, -0.2) is 33.4 Å². The summed E-state index contributed by atoms with van der Waals surface area (Å²) < 4.78 is 1.58. The normalized spacial score (nSPS) is 13.2. The Balaban J connectivity index is 1.36. The topological polar surface area (TPSA) is 79.3 Å².